The second-order valence-electron chi connectivity index (χ2n) is 38.5. The molecule has 5 aliphatic heterocycles. The SMILES string of the molecule is COC[C@@H]1C[C@@H](OC(=O)CCC(C)=O)CN1C(=O)CCCNC(=O)C(CCCCNC(=O)C(CCCCNC(=O)CCCCO[C@@H]1OC(COC(C)=O)[C@H](C)[C@H](C)C1C)CC(=O)CCCCO[C@@H]1OC(COC(C)=O)[C@H](C)[C@H](C)C1C)CC(=O)C(CCCCNC(=O)CCCCO[C@@H]1OC(COC(C)=O)[C@H](C)[C@H](C)C1C)NC(=O)CCCCO[C@@H]1OC(COC(C)=O)[C@H](C)[C@H](C)C1C. The van der Waals surface area contributed by atoms with Crippen LogP contribution in [0.1, 0.15) is 297 Å². The molecular formula is C99H168N6O28. The van der Waals surface area contributed by atoms with Crippen molar-refractivity contribution in [2.75, 3.05) is 99.3 Å². The molecule has 0 bridgehead atoms. The average Bonchev–Trinajstić information content (AvgIpc) is 1.82. The highest BCUT2D eigenvalue weighted by Crippen LogP contribution is 2.40. The Morgan fingerprint density at radius 2 is 0.707 bits per heavy atom. The molecule has 0 aromatic carbocycles. The first-order chi connectivity index (χ1) is 63.3. The van der Waals surface area contributed by atoms with Gasteiger partial charge in [0.1, 0.15) is 44.1 Å². The van der Waals surface area contributed by atoms with E-state index in [1.807, 2.05) is 6.92 Å². The fourth-order valence-electron chi connectivity index (χ4n) is 18.0. The van der Waals surface area contributed by atoms with E-state index >= 15 is 4.79 Å². The summed E-state index contributed by atoms with van der Waals surface area (Å²) in [5.74, 6) is -4.35. The van der Waals surface area contributed by atoms with E-state index in [0.29, 0.717) is 136 Å². The van der Waals surface area contributed by atoms with Crippen molar-refractivity contribution in [1.29, 1.82) is 0 Å². The molecule has 5 saturated heterocycles. The van der Waals surface area contributed by atoms with Crippen LogP contribution in [0.15, 0.2) is 0 Å². The monoisotopic (exact) mass is 1890 g/mol. The van der Waals surface area contributed by atoms with Crippen LogP contribution in [0.4, 0.5) is 0 Å². The molecule has 11 unspecified atom stereocenters. The number of nitrogens with zero attached hydrogens (tertiary/aromatic N) is 1. The molecule has 5 fully saturated rings. The van der Waals surface area contributed by atoms with Crippen LogP contribution in [0.5, 0.6) is 0 Å². The van der Waals surface area contributed by atoms with Gasteiger partial charge in [-0.25, -0.2) is 0 Å². The summed E-state index contributed by atoms with van der Waals surface area (Å²) >= 11 is 0. The topological polar surface area (TPSA) is 432 Å². The molecule has 34 heteroatoms. The molecule has 0 aromatic rings. The number of methoxy groups -OCH3 is 1. The van der Waals surface area contributed by atoms with Gasteiger partial charge in [-0.15, -0.1) is 0 Å². The summed E-state index contributed by atoms with van der Waals surface area (Å²) < 4.78 is 82.1. The van der Waals surface area contributed by atoms with Gasteiger partial charge in [-0.1, -0.05) is 95.9 Å². The van der Waals surface area contributed by atoms with Crippen LogP contribution in [-0.2, 0) is 133 Å². The smallest absolute Gasteiger partial charge is 0.306 e. The summed E-state index contributed by atoms with van der Waals surface area (Å²) in [6.07, 6.45) is 4.63. The number of unbranched alkanes of at least 4 members (excludes halogenated alkanes) is 7. The quantitative estimate of drug-likeness (QED) is 0.0214. The number of ether oxygens (including phenoxy) is 14. The molecule has 133 heavy (non-hydrogen) atoms. The lowest BCUT2D eigenvalue weighted by Crippen LogP contribution is -2.47. The second kappa shape index (κ2) is 63.3. The molecule has 5 rings (SSSR count). The first kappa shape index (κ1) is 116. The molecule has 762 valence electrons. The van der Waals surface area contributed by atoms with Gasteiger partial charge in [0.05, 0.1) is 56.1 Å². The van der Waals surface area contributed by atoms with Crippen molar-refractivity contribution < 1.29 is 133 Å². The minimum Gasteiger partial charge on any atom is -0.463 e. The molecule has 25 atom stereocenters. The summed E-state index contributed by atoms with van der Waals surface area (Å²) in [7, 11) is 1.51. The van der Waals surface area contributed by atoms with Crippen LogP contribution in [-0.4, -0.2) is 255 Å². The van der Waals surface area contributed by atoms with Crippen LogP contribution in [0.3, 0.4) is 0 Å². The number of likely N-dealkylation sites (tertiary alicyclic amines) is 1. The van der Waals surface area contributed by atoms with Gasteiger partial charge in [-0.2, -0.15) is 0 Å². The van der Waals surface area contributed by atoms with E-state index in [4.69, 9.17) is 66.3 Å². The lowest BCUT2D eigenvalue weighted by atomic mass is 9.79. The van der Waals surface area contributed by atoms with Crippen LogP contribution in [0.2, 0.25) is 0 Å². The predicted molar refractivity (Wildman–Crippen MR) is 493 cm³/mol. The molecule has 0 radical (unpaired) electrons. The Hall–Kier alpha value is -7.18. The van der Waals surface area contributed by atoms with Crippen molar-refractivity contribution in [2.24, 2.45) is 82.9 Å². The zero-order chi connectivity index (χ0) is 98.2. The standard InChI is InChI=1S/C99H168N6O28/c1-61(106)42-43-93(117)129-82-54-80(56-120-18)105(55-82)92(116)41-33-47-103-95(119)79(53-84(112)83(104-91(115)40-25-32-51-124-99-73(13)65(5)69(9)88(133-99)60-128-77(17)110)37-21-28-45-101-90(114)39-24-31-50-123-98-72(12)64(4)68(8)87(132-98)59-127-76(16)109)35-20-27-46-102-94(118)78(52-81(111)36-22-29-48-121-96-70(10)62(2)66(6)85(130-96)57-125-74(14)107)34-19-26-44-100-89(113)38-23-30-49-122-97-71(11)63(3)67(7)86(131-97)58-126-75(15)108/h62-73,78-80,82-83,85-88,96-99H,19-60H2,1-18H3,(H,100,113)(H,101,114)(H,102,118)(H,103,119)(H,104,115)/t62-,63-,64-,65-,66+,67+,68+,69+,70?,71?,72?,73?,78?,79?,80-,82+,83?,85?,86?,87?,88?,96+,97+,98+,99+/m0/s1. The third-order valence-corrected chi connectivity index (χ3v) is 28.2. The molecule has 0 spiro atoms. The van der Waals surface area contributed by atoms with Gasteiger partial charge in [0.2, 0.25) is 35.4 Å². The van der Waals surface area contributed by atoms with Crippen LogP contribution >= 0.6 is 0 Å². The van der Waals surface area contributed by atoms with Gasteiger partial charge in [-0.05, 0) is 157 Å². The maximum absolute atomic E-state index is 15.0. The highest BCUT2D eigenvalue weighted by Gasteiger charge is 2.45. The number of carbonyl (C=O) groups is 14. The first-order valence-corrected chi connectivity index (χ1v) is 49.8. The normalized spacial score (nSPS) is 27.6. The highest BCUT2D eigenvalue weighted by atomic mass is 16.7. The summed E-state index contributed by atoms with van der Waals surface area (Å²) in [4.78, 5) is 185. The number of hydrogen-bond acceptors (Lipinski definition) is 28. The molecule has 0 saturated carbocycles. The van der Waals surface area contributed by atoms with Gasteiger partial charge >= 0.3 is 29.8 Å². The minimum absolute atomic E-state index is 0.0126. The van der Waals surface area contributed by atoms with E-state index in [1.54, 1.807) is 4.90 Å². The zero-order valence-corrected chi connectivity index (χ0v) is 83.5. The number of ketones is 3. The third kappa shape index (κ3) is 43.6. The van der Waals surface area contributed by atoms with Crippen molar-refractivity contribution in [2.45, 2.75) is 365 Å². The Bertz CT molecular complexity index is 3560. The molecule has 5 aliphatic rings. The fraction of sp³-hybridized carbons (Fsp3) is 0.859. The molecule has 5 N–H and O–H groups in total. The maximum atomic E-state index is 15.0. The van der Waals surface area contributed by atoms with Crippen molar-refractivity contribution in [3.05, 3.63) is 0 Å². The predicted octanol–water partition coefficient (Wildman–Crippen LogP) is 11.4. The second-order valence-corrected chi connectivity index (χ2v) is 38.5. The van der Waals surface area contributed by atoms with Crippen molar-refractivity contribution >= 4 is 82.6 Å². The van der Waals surface area contributed by atoms with Gasteiger partial charge in [-0.3, -0.25) is 62.3 Å². The maximum Gasteiger partial charge on any atom is 0.306 e. The lowest BCUT2D eigenvalue weighted by Gasteiger charge is -2.43. The number of esters is 5. The van der Waals surface area contributed by atoms with Crippen molar-refractivity contribution in [3.8, 4) is 0 Å². The van der Waals surface area contributed by atoms with Crippen molar-refractivity contribution in [1.82, 2.24) is 31.5 Å². The van der Waals surface area contributed by atoms with Gasteiger partial charge in [0.25, 0.3) is 0 Å². The number of rotatable bonds is 65. The Kier molecular flexibility index (Phi) is 55.4. The highest BCUT2D eigenvalue weighted by molar-refractivity contribution is 5.92. The molecule has 6 amide bonds. The van der Waals surface area contributed by atoms with E-state index < -0.39 is 78.7 Å². The van der Waals surface area contributed by atoms with Gasteiger partial charge < -0.3 is 103 Å². The minimum atomic E-state index is -1.03. The van der Waals surface area contributed by atoms with Crippen LogP contribution in [0, 0.1) is 82.9 Å². The third-order valence-electron chi connectivity index (χ3n) is 28.2. The lowest BCUT2D eigenvalue weighted by molar-refractivity contribution is -0.255. The molecular weight excluding hydrogens is 1720 g/mol. The van der Waals surface area contributed by atoms with E-state index in [-0.39, 0.29) is 291 Å². The van der Waals surface area contributed by atoms with E-state index in [9.17, 15) is 62.3 Å². The van der Waals surface area contributed by atoms with E-state index in [0.717, 1.165) is 0 Å². The summed E-state index contributed by atoms with van der Waals surface area (Å²) in [6, 6.07) is -1.42. The van der Waals surface area contributed by atoms with Gasteiger partial charge in [0, 0.05) is 181 Å². The van der Waals surface area contributed by atoms with E-state index in [2.05, 4.69) is 103 Å². The van der Waals surface area contributed by atoms with Crippen molar-refractivity contribution in [3.63, 3.8) is 0 Å². The summed E-state index contributed by atoms with van der Waals surface area (Å²) in [5.41, 5.74) is 0. The van der Waals surface area contributed by atoms with Gasteiger partial charge in [0.15, 0.2) is 30.9 Å². The number of nitrogens with one attached hydrogen (secondary N) is 5. The zero-order valence-electron chi connectivity index (χ0n) is 83.5. The van der Waals surface area contributed by atoms with Crippen LogP contribution < -0.4 is 26.6 Å². The molecule has 0 aliphatic carbocycles. The number of Topliss-reactive ketones (excluding diaryl/α,β-unsaturated/α-hetero) is 3. The number of carbonyl (C=O) groups excluding carboxylic acids is 14. The summed E-state index contributed by atoms with van der Waals surface area (Å²) in [5, 5.41) is 15.0. The molecule has 0 aromatic heterocycles. The Balaban J connectivity index is 1.27. The Labute approximate surface area is 791 Å². The summed E-state index contributed by atoms with van der Waals surface area (Å²) in [6.45, 7) is 34.9. The average molecular weight is 1890 g/mol. The Morgan fingerprint density at radius 3 is 1.08 bits per heavy atom. The van der Waals surface area contributed by atoms with E-state index in [1.165, 1.54) is 41.7 Å². The largest absolute Gasteiger partial charge is 0.463 e. The molecule has 5 heterocycles. The number of amides is 6. The first-order valence-electron chi connectivity index (χ1n) is 49.8. The fourth-order valence-corrected chi connectivity index (χ4v) is 18.0. The van der Waals surface area contributed by atoms with Crippen LogP contribution in [0.25, 0.3) is 0 Å². The number of hydrogen-bond donors (Lipinski definition) is 5. The molecule has 34 nitrogen and oxygen atoms in total. The Morgan fingerprint density at radius 1 is 0.353 bits per heavy atom.